The Balaban J connectivity index is 1.55. The van der Waals surface area contributed by atoms with Crippen molar-refractivity contribution in [2.45, 2.75) is 23.5 Å². The summed E-state index contributed by atoms with van der Waals surface area (Å²) < 4.78 is 10.9. The Morgan fingerprint density at radius 2 is 1.56 bits per heavy atom. The second kappa shape index (κ2) is 16.0. The van der Waals surface area contributed by atoms with Crippen LogP contribution in [0.15, 0.2) is 102 Å². The monoisotopic (exact) mass is 663 g/mol. The summed E-state index contributed by atoms with van der Waals surface area (Å²) in [5, 5.41) is 8.79. The number of nitrogens with one attached hydrogen (secondary N) is 3. The maximum Gasteiger partial charge on any atom is 0.272 e. The molecule has 0 fully saturated rings. The van der Waals surface area contributed by atoms with E-state index in [0.29, 0.717) is 50.5 Å². The Morgan fingerprint density at radius 3 is 2.24 bits per heavy atom. The van der Waals surface area contributed by atoms with Gasteiger partial charge in [0, 0.05) is 27.4 Å². The first kappa shape index (κ1) is 33.5. The predicted octanol–water partition coefficient (Wildman–Crippen LogP) is 7.93. The minimum absolute atomic E-state index is 0.0131. The molecule has 3 N–H and O–H groups in total. The molecule has 0 heterocycles. The number of hydrogen-bond donors (Lipinski definition) is 3. The van der Waals surface area contributed by atoms with Gasteiger partial charge in [-0.2, -0.15) is 0 Å². The van der Waals surface area contributed by atoms with Crippen LogP contribution < -0.4 is 25.4 Å². The highest BCUT2D eigenvalue weighted by Gasteiger charge is 2.20. The quantitative estimate of drug-likeness (QED) is 0.105. The number of halogens is 2. The summed E-state index contributed by atoms with van der Waals surface area (Å²) in [6.07, 6.45) is 2.08. The average Bonchev–Trinajstić information content (AvgIpc) is 3.05. The minimum Gasteiger partial charge on any atom is -0.493 e. The van der Waals surface area contributed by atoms with Gasteiger partial charge in [0.25, 0.3) is 11.8 Å². The Hall–Kier alpha value is -4.44. The van der Waals surface area contributed by atoms with Gasteiger partial charge in [-0.1, -0.05) is 66.5 Å². The van der Waals surface area contributed by atoms with Crippen molar-refractivity contribution in [3.05, 3.63) is 118 Å². The van der Waals surface area contributed by atoms with E-state index in [9.17, 15) is 14.4 Å². The van der Waals surface area contributed by atoms with Gasteiger partial charge in [0.1, 0.15) is 5.70 Å². The lowest BCUT2D eigenvalue weighted by Gasteiger charge is -2.16. The average molecular weight is 665 g/mol. The third kappa shape index (κ3) is 9.04. The molecule has 0 aliphatic carbocycles. The fraction of sp³-hybridized carbons (Fsp3) is 0.147. The zero-order chi connectivity index (χ0) is 32.3. The van der Waals surface area contributed by atoms with Gasteiger partial charge in [-0.05, 0) is 67.1 Å². The van der Waals surface area contributed by atoms with E-state index in [2.05, 4.69) is 16.0 Å². The van der Waals surface area contributed by atoms with Crippen LogP contribution in [0, 0.1) is 0 Å². The van der Waals surface area contributed by atoms with Crippen LogP contribution in [0.3, 0.4) is 0 Å². The molecule has 0 spiro atoms. The van der Waals surface area contributed by atoms with E-state index in [0.717, 1.165) is 4.90 Å². The first-order chi connectivity index (χ1) is 21.7. The lowest BCUT2D eigenvalue weighted by molar-refractivity contribution is -0.116. The van der Waals surface area contributed by atoms with E-state index in [-0.39, 0.29) is 11.6 Å². The number of carbonyl (C=O) groups excluding carboxylic acids is 3. The van der Waals surface area contributed by atoms with Crippen molar-refractivity contribution in [1.82, 2.24) is 5.32 Å². The highest BCUT2D eigenvalue weighted by Crippen LogP contribution is 2.33. The van der Waals surface area contributed by atoms with Crippen molar-refractivity contribution < 1.29 is 23.9 Å². The molecule has 0 radical (unpaired) electrons. The SMILES string of the molecule is CCC(Sc1cccc(NC(=O)/C(=C\c2cccc(OC)c2OC)NC(=O)c2ccccc2)c1)C(=O)Nc1ccc(Cl)c(Cl)c1. The summed E-state index contributed by atoms with van der Waals surface area (Å²) in [6.45, 7) is 1.91. The molecule has 0 bridgehead atoms. The summed E-state index contributed by atoms with van der Waals surface area (Å²) in [7, 11) is 3.01. The number of anilines is 2. The van der Waals surface area contributed by atoms with Crippen LogP contribution in [0.2, 0.25) is 10.0 Å². The molecule has 0 saturated heterocycles. The molecule has 4 rings (SSSR count). The standard InChI is InChI=1S/C34H31Cl2N3O5S/c1-4-30(34(42)38-24-16-17-26(35)27(36)20-24)45-25-14-9-13-23(19-25)37-33(41)28(39-32(40)21-10-6-5-7-11-21)18-22-12-8-15-29(43-2)31(22)44-3/h5-20,30H,4H2,1-3H3,(H,37,41)(H,38,42)(H,39,40)/b28-18+. The van der Waals surface area contributed by atoms with Crippen LogP contribution in [0.1, 0.15) is 29.3 Å². The summed E-state index contributed by atoms with van der Waals surface area (Å²) in [6, 6.07) is 25.8. The molecule has 11 heteroatoms. The Kier molecular flexibility index (Phi) is 11.9. The molecular formula is C34H31Cl2N3O5S. The van der Waals surface area contributed by atoms with Gasteiger partial charge in [-0.3, -0.25) is 14.4 Å². The molecule has 4 aromatic rings. The molecule has 0 saturated carbocycles. The van der Waals surface area contributed by atoms with Crippen LogP contribution in [-0.4, -0.2) is 37.2 Å². The third-order valence-corrected chi connectivity index (χ3v) is 8.58. The number of carbonyl (C=O) groups is 3. The van der Waals surface area contributed by atoms with Crippen LogP contribution >= 0.6 is 35.0 Å². The van der Waals surface area contributed by atoms with Gasteiger partial charge in [0.15, 0.2) is 11.5 Å². The molecule has 232 valence electrons. The Bertz CT molecular complexity index is 1720. The van der Waals surface area contributed by atoms with E-state index < -0.39 is 17.1 Å². The predicted molar refractivity (Wildman–Crippen MR) is 182 cm³/mol. The van der Waals surface area contributed by atoms with Crippen molar-refractivity contribution in [3.63, 3.8) is 0 Å². The van der Waals surface area contributed by atoms with Gasteiger partial charge in [0.2, 0.25) is 5.91 Å². The largest absolute Gasteiger partial charge is 0.493 e. The van der Waals surface area contributed by atoms with E-state index >= 15 is 0 Å². The van der Waals surface area contributed by atoms with Crippen molar-refractivity contribution in [2.24, 2.45) is 0 Å². The normalized spacial score (nSPS) is 11.7. The first-order valence-corrected chi connectivity index (χ1v) is 15.5. The zero-order valence-electron chi connectivity index (χ0n) is 24.7. The molecule has 4 aromatic carbocycles. The Morgan fingerprint density at radius 1 is 0.822 bits per heavy atom. The third-order valence-electron chi connectivity index (χ3n) is 6.48. The number of ether oxygens (including phenoxy) is 2. The number of benzene rings is 4. The highest BCUT2D eigenvalue weighted by atomic mass is 35.5. The number of thioether (sulfide) groups is 1. The lowest BCUT2D eigenvalue weighted by atomic mass is 10.1. The molecule has 0 aliphatic rings. The van der Waals surface area contributed by atoms with Crippen LogP contribution in [-0.2, 0) is 9.59 Å². The maximum atomic E-state index is 13.6. The number of rotatable bonds is 12. The maximum absolute atomic E-state index is 13.6. The van der Waals surface area contributed by atoms with Gasteiger partial charge >= 0.3 is 0 Å². The molecule has 1 atom stereocenters. The highest BCUT2D eigenvalue weighted by molar-refractivity contribution is 8.00. The first-order valence-electron chi connectivity index (χ1n) is 13.9. The number of para-hydroxylation sites is 1. The number of methoxy groups -OCH3 is 2. The van der Waals surface area contributed by atoms with Crippen LogP contribution in [0.5, 0.6) is 11.5 Å². The van der Waals surface area contributed by atoms with Crippen molar-refractivity contribution in [1.29, 1.82) is 0 Å². The van der Waals surface area contributed by atoms with Crippen molar-refractivity contribution in [2.75, 3.05) is 24.9 Å². The number of amides is 3. The lowest BCUT2D eigenvalue weighted by Crippen LogP contribution is -2.30. The van der Waals surface area contributed by atoms with Gasteiger partial charge in [0.05, 0.1) is 29.5 Å². The van der Waals surface area contributed by atoms with E-state index in [1.807, 2.05) is 13.0 Å². The Labute approximate surface area is 276 Å². The van der Waals surface area contributed by atoms with Gasteiger partial charge < -0.3 is 25.4 Å². The molecule has 1 unspecified atom stereocenters. The fourth-order valence-corrected chi connectivity index (χ4v) is 5.56. The van der Waals surface area contributed by atoms with Gasteiger partial charge in [-0.25, -0.2) is 0 Å². The summed E-state index contributed by atoms with van der Waals surface area (Å²) in [5.74, 6) is -0.338. The second-order valence-corrected chi connectivity index (χ2v) is 11.7. The summed E-state index contributed by atoms with van der Waals surface area (Å²) >= 11 is 13.4. The minimum atomic E-state index is -0.560. The zero-order valence-corrected chi connectivity index (χ0v) is 27.1. The second-order valence-electron chi connectivity index (χ2n) is 9.58. The fourth-order valence-electron chi connectivity index (χ4n) is 4.25. The van der Waals surface area contributed by atoms with E-state index in [1.165, 1.54) is 32.1 Å². The summed E-state index contributed by atoms with van der Waals surface area (Å²) in [4.78, 5) is 40.5. The van der Waals surface area contributed by atoms with E-state index in [4.69, 9.17) is 32.7 Å². The molecular weight excluding hydrogens is 633 g/mol. The summed E-state index contributed by atoms with van der Waals surface area (Å²) in [5.41, 5.74) is 1.91. The molecule has 0 aromatic heterocycles. The number of hydrogen-bond acceptors (Lipinski definition) is 6. The van der Waals surface area contributed by atoms with E-state index in [1.54, 1.807) is 84.9 Å². The van der Waals surface area contributed by atoms with Crippen molar-refractivity contribution in [3.8, 4) is 11.5 Å². The molecule has 0 aliphatic heterocycles. The van der Waals surface area contributed by atoms with Crippen molar-refractivity contribution >= 4 is 70.1 Å². The smallest absolute Gasteiger partial charge is 0.272 e. The molecule has 8 nitrogen and oxygen atoms in total. The van der Waals surface area contributed by atoms with Crippen LogP contribution in [0.4, 0.5) is 11.4 Å². The molecule has 45 heavy (non-hydrogen) atoms. The molecule has 3 amide bonds. The topological polar surface area (TPSA) is 106 Å². The van der Waals surface area contributed by atoms with Gasteiger partial charge in [-0.15, -0.1) is 11.8 Å². The van der Waals surface area contributed by atoms with Crippen LogP contribution in [0.25, 0.3) is 6.08 Å².